The molecule has 2 aromatic carbocycles. The number of carboxylic acids is 1. The average Bonchev–Trinajstić information content (AvgIpc) is 2.91. The second-order valence-electron chi connectivity index (χ2n) is 7.96. The van der Waals surface area contributed by atoms with Crippen LogP contribution < -0.4 is 15.4 Å². The number of aromatic nitrogens is 2. The predicted molar refractivity (Wildman–Crippen MR) is 146 cm³/mol. The Labute approximate surface area is 227 Å². The number of nitrogens with one attached hydrogen (secondary N) is 2. The van der Waals surface area contributed by atoms with Gasteiger partial charge in [0.05, 0.1) is 34.1 Å². The van der Waals surface area contributed by atoms with E-state index in [1.54, 1.807) is 37.3 Å². The minimum absolute atomic E-state index is 0.188. The number of aliphatic carboxylic acids is 1. The van der Waals surface area contributed by atoms with Gasteiger partial charge in [-0.1, -0.05) is 53.5 Å². The third-order valence-electron chi connectivity index (χ3n) is 5.67. The molecule has 38 heavy (non-hydrogen) atoms. The normalized spacial score (nSPS) is 10.5. The fourth-order valence-electron chi connectivity index (χ4n) is 3.73. The molecule has 0 aliphatic rings. The number of carboxylic acid groups (broad SMARTS) is 1. The molecule has 0 saturated carbocycles. The summed E-state index contributed by atoms with van der Waals surface area (Å²) in [7, 11) is 1.43. The summed E-state index contributed by atoms with van der Waals surface area (Å²) in [5.74, 6) is -2.20. The summed E-state index contributed by atoms with van der Waals surface area (Å²) in [6.45, 7) is 1.68. The molecule has 9 nitrogen and oxygen atoms in total. The van der Waals surface area contributed by atoms with E-state index in [2.05, 4.69) is 20.6 Å². The topological polar surface area (TPSA) is 131 Å². The van der Waals surface area contributed by atoms with Gasteiger partial charge in [0.15, 0.2) is 6.29 Å². The number of carbonyl (C=O) groups excluding carboxylic acids is 2. The van der Waals surface area contributed by atoms with Gasteiger partial charge in [-0.05, 0) is 31.2 Å². The molecule has 0 fully saturated rings. The molecule has 0 radical (unpaired) electrons. The number of hydrogen-bond acceptors (Lipinski definition) is 7. The first-order chi connectivity index (χ1) is 18.2. The average molecular weight is 551 g/mol. The number of nitrogens with zero attached hydrogens (tertiary/aromatic N) is 2. The van der Waals surface area contributed by atoms with E-state index in [4.69, 9.17) is 33.0 Å². The summed E-state index contributed by atoms with van der Waals surface area (Å²) in [4.78, 5) is 42.5. The van der Waals surface area contributed by atoms with Gasteiger partial charge in [-0.25, -0.2) is 14.8 Å². The first-order valence-electron chi connectivity index (χ1n) is 11.1. The van der Waals surface area contributed by atoms with Crippen molar-refractivity contribution in [1.29, 1.82) is 0 Å². The molecule has 11 heteroatoms. The molecular weight excluding hydrogens is 531 g/mol. The third kappa shape index (κ3) is 5.29. The Morgan fingerprint density at radius 3 is 2.32 bits per heavy atom. The number of hydrogen-bond donors (Lipinski definition) is 3. The van der Waals surface area contributed by atoms with Crippen LogP contribution in [0.1, 0.15) is 15.9 Å². The number of methoxy groups -OCH3 is 1. The quantitative estimate of drug-likeness (QED) is 0.188. The Morgan fingerprint density at radius 2 is 1.63 bits per heavy atom. The summed E-state index contributed by atoms with van der Waals surface area (Å²) < 4.78 is 5.22. The van der Waals surface area contributed by atoms with E-state index in [1.165, 1.54) is 19.4 Å². The van der Waals surface area contributed by atoms with Gasteiger partial charge in [0, 0.05) is 34.1 Å². The van der Waals surface area contributed by atoms with Crippen LogP contribution in [0.25, 0.3) is 22.4 Å². The summed E-state index contributed by atoms with van der Waals surface area (Å²) in [5.41, 5.74) is 4.06. The van der Waals surface area contributed by atoms with Gasteiger partial charge >= 0.3 is 11.9 Å². The van der Waals surface area contributed by atoms with E-state index in [9.17, 15) is 14.4 Å². The second kappa shape index (κ2) is 11.3. The Kier molecular flexibility index (Phi) is 7.90. The van der Waals surface area contributed by atoms with Gasteiger partial charge in [-0.15, -0.1) is 0 Å². The highest BCUT2D eigenvalue weighted by atomic mass is 35.5. The van der Waals surface area contributed by atoms with Crippen LogP contribution in [0.15, 0.2) is 60.8 Å². The molecule has 0 saturated heterocycles. The predicted octanol–water partition coefficient (Wildman–Crippen LogP) is 6.01. The third-order valence-corrected chi connectivity index (χ3v) is 6.49. The van der Waals surface area contributed by atoms with E-state index in [0.29, 0.717) is 67.0 Å². The van der Waals surface area contributed by atoms with Crippen LogP contribution in [-0.4, -0.2) is 40.3 Å². The van der Waals surface area contributed by atoms with Crippen LogP contribution in [0.3, 0.4) is 0 Å². The first kappa shape index (κ1) is 26.6. The minimum atomic E-state index is -1.60. The maximum absolute atomic E-state index is 11.6. The highest BCUT2D eigenvalue weighted by Crippen LogP contribution is 2.42. The lowest BCUT2D eigenvalue weighted by molar-refractivity contribution is -0.147. The lowest BCUT2D eigenvalue weighted by Gasteiger charge is -2.16. The molecule has 4 aromatic rings. The monoisotopic (exact) mass is 550 g/mol. The maximum Gasteiger partial charge on any atom is 0.394 e. The maximum atomic E-state index is 11.6. The van der Waals surface area contributed by atoms with Crippen LogP contribution in [0.2, 0.25) is 10.0 Å². The van der Waals surface area contributed by atoms with E-state index >= 15 is 0 Å². The van der Waals surface area contributed by atoms with Gasteiger partial charge < -0.3 is 20.5 Å². The van der Waals surface area contributed by atoms with E-state index < -0.39 is 11.9 Å². The SMILES string of the molecule is COc1nc(-c2cccc(-c3cccc(Nc4nccc(NC(=O)C(=O)O)c4C)c3Cl)c2Cl)ccc1C=O. The molecule has 2 heterocycles. The van der Waals surface area contributed by atoms with Crippen molar-refractivity contribution in [3.05, 3.63) is 82.0 Å². The smallest absolute Gasteiger partial charge is 0.394 e. The molecule has 192 valence electrons. The van der Waals surface area contributed by atoms with Crippen LogP contribution in [0.5, 0.6) is 5.88 Å². The number of halogens is 2. The van der Waals surface area contributed by atoms with Gasteiger partial charge in [0.1, 0.15) is 5.82 Å². The summed E-state index contributed by atoms with van der Waals surface area (Å²) in [5, 5.41) is 15.1. The molecular formula is C27H20Cl2N4O5. The number of rotatable bonds is 7. The molecule has 2 aromatic heterocycles. The molecule has 0 aliphatic heterocycles. The van der Waals surface area contributed by atoms with Crippen LogP contribution in [0.4, 0.5) is 17.2 Å². The molecule has 4 rings (SSSR count). The van der Waals surface area contributed by atoms with Crippen molar-refractivity contribution in [1.82, 2.24) is 9.97 Å². The summed E-state index contributed by atoms with van der Waals surface area (Å²) >= 11 is 13.6. The zero-order valence-corrected chi connectivity index (χ0v) is 21.6. The number of amides is 1. The molecule has 0 atom stereocenters. The Bertz CT molecular complexity index is 1580. The van der Waals surface area contributed by atoms with Crippen LogP contribution >= 0.6 is 23.2 Å². The van der Waals surface area contributed by atoms with E-state index in [1.807, 2.05) is 18.2 Å². The highest BCUT2D eigenvalue weighted by Gasteiger charge is 2.18. The van der Waals surface area contributed by atoms with Crippen molar-refractivity contribution in [2.24, 2.45) is 0 Å². The number of anilines is 3. The Morgan fingerprint density at radius 1 is 0.947 bits per heavy atom. The fourth-order valence-corrected chi connectivity index (χ4v) is 4.33. The number of ether oxygens (including phenoxy) is 1. The molecule has 0 aliphatic carbocycles. The van der Waals surface area contributed by atoms with Crippen LogP contribution in [0, 0.1) is 6.92 Å². The van der Waals surface area contributed by atoms with E-state index in [0.717, 1.165) is 0 Å². The fraction of sp³-hybridized carbons (Fsp3) is 0.0741. The number of carbonyl (C=O) groups is 3. The van der Waals surface area contributed by atoms with Crippen molar-refractivity contribution < 1.29 is 24.2 Å². The van der Waals surface area contributed by atoms with Crippen molar-refractivity contribution >= 4 is 58.6 Å². The van der Waals surface area contributed by atoms with Crippen molar-refractivity contribution in [2.75, 3.05) is 17.7 Å². The molecule has 3 N–H and O–H groups in total. The lowest BCUT2D eigenvalue weighted by atomic mass is 10.00. The highest BCUT2D eigenvalue weighted by molar-refractivity contribution is 6.39. The standard InChI is InChI=1S/C27H20Cl2N4O5/c1-14-19(32-25(35)27(36)37)11-12-30-24(14)31-21-8-4-6-17(23(21)29)16-5-3-7-18(22(16)28)20-10-9-15(13-34)26(33-20)38-2/h3-13H,1-2H3,(H,36,37)(H2,30,31,32,35). The number of pyridine rings is 2. The molecule has 1 amide bonds. The number of aldehydes is 1. The van der Waals surface area contributed by atoms with Gasteiger partial charge in [-0.2, -0.15) is 0 Å². The Balaban J connectivity index is 1.71. The number of benzene rings is 2. The summed E-state index contributed by atoms with van der Waals surface area (Å²) in [6.07, 6.45) is 2.10. The van der Waals surface area contributed by atoms with Crippen molar-refractivity contribution in [2.45, 2.75) is 6.92 Å². The van der Waals surface area contributed by atoms with Crippen molar-refractivity contribution in [3.63, 3.8) is 0 Å². The second-order valence-corrected chi connectivity index (χ2v) is 8.72. The van der Waals surface area contributed by atoms with Crippen molar-refractivity contribution in [3.8, 4) is 28.3 Å². The zero-order valence-electron chi connectivity index (χ0n) is 20.1. The molecule has 0 bridgehead atoms. The molecule has 0 spiro atoms. The zero-order chi connectivity index (χ0) is 27.4. The van der Waals surface area contributed by atoms with Gasteiger partial charge in [0.2, 0.25) is 5.88 Å². The van der Waals surface area contributed by atoms with E-state index in [-0.39, 0.29) is 5.88 Å². The largest absolute Gasteiger partial charge is 0.480 e. The Hall–Kier alpha value is -4.47. The minimum Gasteiger partial charge on any atom is -0.480 e. The lowest BCUT2D eigenvalue weighted by Crippen LogP contribution is -2.22. The first-order valence-corrected chi connectivity index (χ1v) is 11.9. The van der Waals surface area contributed by atoms with Crippen LogP contribution in [-0.2, 0) is 9.59 Å². The summed E-state index contributed by atoms with van der Waals surface area (Å²) in [6, 6.07) is 15.6. The molecule has 0 unspecified atom stereocenters. The van der Waals surface area contributed by atoms with Gasteiger partial charge in [0.25, 0.3) is 0 Å². The van der Waals surface area contributed by atoms with Gasteiger partial charge in [-0.3, -0.25) is 9.59 Å².